The fourth-order valence-corrected chi connectivity index (χ4v) is 4.41. The van der Waals surface area contributed by atoms with E-state index >= 15 is 0 Å². The highest BCUT2D eigenvalue weighted by molar-refractivity contribution is 7.93. The molecule has 150 valence electrons. The van der Waals surface area contributed by atoms with Crippen LogP contribution in [0.2, 0.25) is 5.02 Å². The van der Waals surface area contributed by atoms with Crippen molar-refractivity contribution in [3.05, 3.63) is 34.5 Å². The minimum Gasteiger partial charge on any atom is -0.384 e. The minimum atomic E-state index is -4.10. The van der Waals surface area contributed by atoms with E-state index in [0.29, 0.717) is 12.2 Å². The quantitative estimate of drug-likeness (QED) is 0.404. The second-order valence-electron chi connectivity index (χ2n) is 6.02. The maximum atomic E-state index is 14.3. The van der Waals surface area contributed by atoms with Gasteiger partial charge in [0.2, 0.25) is 0 Å². The first-order valence-corrected chi connectivity index (χ1v) is 11.1. The molecule has 7 nitrogen and oxygen atoms in total. The van der Waals surface area contributed by atoms with Crippen molar-refractivity contribution in [2.45, 2.75) is 30.7 Å². The summed E-state index contributed by atoms with van der Waals surface area (Å²) < 4.78 is 41.2. The first-order chi connectivity index (χ1) is 12.8. The zero-order valence-electron chi connectivity index (χ0n) is 14.8. The summed E-state index contributed by atoms with van der Waals surface area (Å²) in [5.74, 6) is -0.885. The Morgan fingerprint density at radius 1 is 1.33 bits per heavy atom. The molecule has 0 radical (unpaired) electrons. The van der Waals surface area contributed by atoms with Crippen LogP contribution in [-0.4, -0.2) is 39.1 Å². The summed E-state index contributed by atoms with van der Waals surface area (Å²) in [7, 11) is -4.10. The van der Waals surface area contributed by atoms with Gasteiger partial charge in [0.25, 0.3) is 10.0 Å². The molecular formula is C16H23ClFN5O2S2. The van der Waals surface area contributed by atoms with E-state index in [0.717, 1.165) is 49.4 Å². The summed E-state index contributed by atoms with van der Waals surface area (Å²) in [6.07, 6.45) is 3.21. The molecule has 0 aliphatic heterocycles. The molecule has 2 aromatic rings. The highest BCUT2D eigenvalue weighted by Gasteiger charge is 2.22. The van der Waals surface area contributed by atoms with Crippen LogP contribution in [0.4, 0.5) is 15.2 Å². The van der Waals surface area contributed by atoms with E-state index in [-0.39, 0.29) is 16.2 Å². The second-order valence-corrected chi connectivity index (χ2v) is 8.97. The van der Waals surface area contributed by atoms with Gasteiger partial charge >= 0.3 is 0 Å². The number of halogens is 2. The number of anilines is 2. The third kappa shape index (κ3) is 6.89. The molecule has 1 atom stereocenters. The van der Waals surface area contributed by atoms with Gasteiger partial charge in [-0.1, -0.05) is 11.6 Å². The monoisotopic (exact) mass is 435 g/mol. The Morgan fingerprint density at radius 2 is 2.07 bits per heavy atom. The lowest BCUT2D eigenvalue weighted by Crippen LogP contribution is -2.31. The number of nitrogens with two attached hydrogens (primary N) is 1. The Morgan fingerprint density at radius 3 is 2.74 bits per heavy atom. The lowest BCUT2D eigenvalue weighted by Gasteiger charge is -2.12. The molecule has 0 spiro atoms. The fraction of sp³-hybridized carbons (Fsp3) is 0.438. The van der Waals surface area contributed by atoms with Crippen LogP contribution >= 0.6 is 22.9 Å². The van der Waals surface area contributed by atoms with Gasteiger partial charge in [0.05, 0.1) is 10.7 Å². The molecule has 2 rings (SSSR count). The Bertz CT molecular complexity index is 832. The molecule has 0 saturated heterocycles. The smallest absolute Gasteiger partial charge is 0.266 e. The van der Waals surface area contributed by atoms with Crippen LogP contribution in [0, 0.1) is 5.82 Å². The molecule has 1 aromatic carbocycles. The van der Waals surface area contributed by atoms with Crippen molar-refractivity contribution in [2.75, 3.05) is 29.7 Å². The van der Waals surface area contributed by atoms with Crippen molar-refractivity contribution in [2.24, 2.45) is 5.73 Å². The van der Waals surface area contributed by atoms with Gasteiger partial charge in [-0.2, -0.15) is 0 Å². The molecule has 0 bridgehead atoms. The number of benzene rings is 1. The molecular weight excluding hydrogens is 413 g/mol. The van der Waals surface area contributed by atoms with Crippen LogP contribution in [0.5, 0.6) is 0 Å². The molecule has 0 aliphatic rings. The van der Waals surface area contributed by atoms with Crippen LogP contribution in [0.15, 0.2) is 28.6 Å². The maximum Gasteiger partial charge on any atom is 0.266 e. The van der Waals surface area contributed by atoms with Gasteiger partial charge in [-0.15, -0.1) is 11.3 Å². The lowest BCUT2D eigenvalue weighted by atomic mass is 10.2. The van der Waals surface area contributed by atoms with Gasteiger partial charge in [0.1, 0.15) is 10.7 Å². The van der Waals surface area contributed by atoms with E-state index in [4.69, 9.17) is 17.3 Å². The highest BCUT2D eigenvalue weighted by atomic mass is 35.5. The summed E-state index contributed by atoms with van der Waals surface area (Å²) in [6, 6.07) is 2.30. The number of aromatic nitrogens is 1. The molecule has 0 saturated carbocycles. The predicted octanol–water partition coefficient (Wildman–Crippen LogP) is 2.87. The van der Waals surface area contributed by atoms with Crippen LogP contribution < -0.4 is 21.1 Å². The van der Waals surface area contributed by atoms with Gasteiger partial charge in [0, 0.05) is 30.7 Å². The number of unbranched alkanes of at least 4 members (excludes halogenated alkanes) is 1. The Kier molecular flexibility index (Phi) is 8.24. The zero-order chi connectivity index (χ0) is 19.9. The second kappa shape index (κ2) is 10.2. The zero-order valence-corrected chi connectivity index (χ0v) is 17.2. The molecule has 0 fully saturated rings. The molecule has 1 heterocycles. The van der Waals surface area contributed by atoms with Crippen LogP contribution in [0.3, 0.4) is 0 Å². The number of nitrogens with zero attached hydrogens (tertiary/aromatic N) is 1. The normalized spacial score (nSPS) is 12.7. The fourth-order valence-electron chi connectivity index (χ4n) is 2.24. The first-order valence-electron chi connectivity index (χ1n) is 8.41. The topological polar surface area (TPSA) is 109 Å². The van der Waals surface area contributed by atoms with Gasteiger partial charge in [-0.25, -0.2) is 17.8 Å². The van der Waals surface area contributed by atoms with Gasteiger partial charge in [-0.05, 0) is 38.4 Å². The van der Waals surface area contributed by atoms with Crippen molar-refractivity contribution >= 4 is 43.8 Å². The Hall–Kier alpha value is -1.46. The number of rotatable bonds is 11. The standard InChI is InChI=1S/C16H23ClFN5O2S2/c1-11(19)10-20-4-2-3-5-21-14-9-13(18)15(8-12(14)17)27(24,25)23-16-22-6-7-26-16/h6-9,11,20-21H,2-5,10,19H2,1H3,(H,22,23)/t11-/m0/s1. The maximum absolute atomic E-state index is 14.3. The molecule has 27 heavy (non-hydrogen) atoms. The number of hydrogen-bond acceptors (Lipinski definition) is 7. The summed E-state index contributed by atoms with van der Waals surface area (Å²) in [4.78, 5) is 3.31. The summed E-state index contributed by atoms with van der Waals surface area (Å²) >= 11 is 7.22. The molecule has 0 unspecified atom stereocenters. The van der Waals surface area contributed by atoms with Gasteiger partial charge in [0.15, 0.2) is 5.13 Å². The van der Waals surface area contributed by atoms with Crippen molar-refractivity contribution in [3.63, 3.8) is 0 Å². The van der Waals surface area contributed by atoms with Crippen LogP contribution in [0.25, 0.3) is 0 Å². The van der Waals surface area contributed by atoms with Crippen LogP contribution in [-0.2, 0) is 10.0 Å². The summed E-state index contributed by atoms with van der Waals surface area (Å²) in [5.41, 5.74) is 6.00. The van der Waals surface area contributed by atoms with Crippen molar-refractivity contribution in [1.82, 2.24) is 10.3 Å². The number of hydrogen-bond donors (Lipinski definition) is 4. The average Bonchev–Trinajstić information content (AvgIpc) is 3.08. The van der Waals surface area contributed by atoms with E-state index in [9.17, 15) is 12.8 Å². The average molecular weight is 436 g/mol. The molecule has 0 aliphatic carbocycles. The summed E-state index contributed by atoms with van der Waals surface area (Å²) in [5, 5.41) is 8.16. The summed E-state index contributed by atoms with van der Waals surface area (Å²) in [6.45, 7) is 4.12. The van der Waals surface area contributed by atoms with Crippen molar-refractivity contribution < 1.29 is 12.8 Å². The third-order valence-corrected chi connectivity index (χ3v) is 6.01. The molecule has 1 aromatic heterocycles. The molecule has 11 heteroatoms. The first kappa shape index (κ1) is 21.8. The minimum absolute atomic E-state index is 0.116. The number of thiazole rings is 1. The SMILES string of the molecule is C[C@H](N)CNCCCCNc1cc(F)c(S(=O)(=O)Nc2nccs2)cc1Cl. The Balaban J connectivity index is 1.92. The number of nitrogens with one attached hydrogen (secondary N) is 3. The lowest BCUT2D eigenvalue weighted by molar-refractivity contribution is 0.570. The van der Waals surface area contributed by atoms with E-state index in [1.165, 1.54) is 6.20 Å². The number of sulfonamides is 1. The predicted molar refractivity (Wildman–Crippen MR) is 109 cm³/mol. The van der Waals surface area contributed by atoms with E-state index in [2.05, 4.69) is 20.3 Å². The van der Waals surface area contributed by atoms with Gasteiger partial charge in [-0.3, -0.25) is 4.72 Å². The molecule has 0 amide bonds. The van der Waals surface area contributed by atoms with E-state index in [1.54, 1.807) is 5.38 Å². The third-order valence-electron chi connectivity index (χ3n) is 3.53. The van der Waals surface area contributed by atoms with Crippen molar-refractivity contribution in [1.29, 1.82) is 0 Å². The largest absolute Gasteiger partial charge is 0.384 e. The van der Waals surface area contributed by atoms with Gasteiger partial charge < -0.3 is 16.4 Å². The van der Waals surface area contributed by atoms with E-state index < -0.39 is 20.7 Å². The van der Waals surface area contributed by atoms with E-state index in [1.807, 2.05) is 6.92 Å². The van der Waals surface area contributed by atoms with Crippen LogP contribution in [0.1, 0.15) is 19.8 Å². The van der Waals surface area contributed by atoms with Crippen molar-refractivity contribution in [3.8, 4) is 0 Å². The Labute approximate surface area is 167 Å². The highest BCUT2D eigenvalue weighted by Crippen LogP contribution is 2.29. The molecule has 5 N–H and O–H groups in total.